The largest absolute Gasteiger partial charge is 0.483 e. The molecule has 0 saturated carbocycles. The molecule has 7 heteroatoms. The highest BCUT2D eigenvalue weighted by Crippen LogP contribution is 2.63. The SMILES string of the molecule is c1ccc(-c2cc(-c3ccccc3)nc(N3c4ccc(-c5ccc6c(c5)c5cc(-c7ccc8c(c7)C7C(O8)c8ccccc8N7c7ccccc7)ccc5n6-c5ccccc5)cc4C4C3c3ccccc3N4c3ccccc3)n2)cc1. The molecule has 0 aliphatic carbocycles. The first-order chi connectivity index (χ1) is 40.2. The van der Waals surface area contributed by atoms with E-state index in [2.05, 4.69) is 298 Å². The Bertz CT molecular complexity index is 4550. The summed E-state index contributed by atoms with van der Waals surface area (Å²) in [5, 5.41) is 2.39. The lowest BCUT2D eigenvalue weighted by Gasteiger charge is -2.28. The summed E-state index contributed by atoms with van der Waals surface area (Å²) in [6, 6.07) is 101. The fourth-order valence-electron chi connectivity index (χ4n) is 13.7. The van der Waals surface area contributed by atoms with Gasteiger partial charge in [0.15, 0.2) is 6.10 Å². The Morgan fingerprint density at radius 3 is 1.32 bits per heavy atom. The van der Waals surface area contributed by atoms with Crippen molar-refractivity contribution in [3.8, 4) is 56.2 Å². The van der Waals surface area contributed by atoms with Crippen molar-refractivity contribution in [3.63, 3.8) is 0 Å². The third-order valence-electron chi connectivity index (χ3n) is 17.2. The highest BCUT2D eigenvalue weighted by molar-refractivity contribution is 6.12. The van der Waals surface area contributed by atoms with Crippen molar-refractivity contribution in [2.45, 2.75) is 24.2 Å². The number of ether oxygens (including phenoxy) is 1. The summed E-state index contributed by atoms with van der Waals surface area (Å²) in [5.41, 5.74) is 22.6. The molecule has 0 fully saturated rings. The predicted octanol–water partition coefficient (Wildman–Crippen LogP) is 18.7. The Balaban J connectivity index is 0.825. The van der Waals surface area contributed by atoms with Crippen molar-refractivity contribution < 1.29 is 4.74 Å². The van der Waals surface area contributed by atoms with E-state index < -0.39 is 0 Å². The maximum Gasteiger partial charge on any atom is 0.231 e. The molecule has 4 aliphatic rings. The van der Waals surface area contributed by atoms with Gasteiger partial charge in [-0.25, -0.2) is 9.97 Å². The van der Waals surface area contributed by atoms with Gasteiger partial charge in [-0.2, -0.15) is 0 Å². The van der Waals surface area contributed by atoms with E-state index in [0.717, 1.165) is 84.3 Å². The van der Waals surface area contributed by atoms with Gasteiger partial charge in [-0.1, -0.05) is 176 Å². The first kappa shape index (κ1) is 45.5. The van der Waals surface area contributed by atoms with Crippen molar-refractivity contribution in [1.82, 2.24) is 14.5 Å². The molecule has 81 heavy (non-hydrogen) atoms. The van der Waals surface area contributed by atoms with Crippen molar-refractivity contribution >= 4 is 56.2 Å². The van der Waals surface area contributed by atoms with Gasteiger partial charge in [-0.05, 0) is 125 Å². The molecule has 0 bridgehead atoms. The molecule has 4 aliphatic heterocycles. The third kappa shape index (κ3) is 7.08. The molecule has 0 saturated heterocycles. The van der Waals surface area contributed by atoms with Gasteiger partial charge in [-0.15, -0.1) is 0 Å². The van der Waals surface area contributed by atoms with E-state index in [1.54, 1.807) is 0 Å². The molecule has 11 aromatic carbocycles. The number of fused-ring (bicyclic) bond motifs is 13. The Hall–Kier alpha value is -10.5. The molecule has 17 rings (SSSR count). The Kier molecular flexibility index (Phi) is 10.1. The number of rotatable bonds is 8. The van der Waals surface area contributed by atoms with Crippen LogP contribution in [0.5, 0.6) is 5.75 Å². The minimum Gasteiger partial charge on any atom is -0.483 e. The van der Waals surface area contributed by atoms with Crippen LogP contribution in [0.25, 0.3) is 72.3 Å². The normalized spacial score (nSPS) is 17.2. The van der Waals surface area contributed by atoms with E-state index >= 15 is 0 Å². The van der Waals surface area contributed by atoms with Gasteiger partial charge in [0.2, 0.25) is 5.95 Å². The zero-order valence-corrected chi connectivity index (χ0v) is 44.0. The highest BCUT2D eigenvalue weighted by Gasteiger charge is 2.51. The molecule has 2 aromatic heterocycles. The van der Waals surface area contributed by atoms with Crippen LogP contribution in [0, 0.1) is 0 Å². The zero-order chi connectivity index (χ0) is 53.1. The fraction of sp³-hybridized carbons (Fsp3) is 0.0541. The van der Waals surface area contributed by atoms with Crippen molar-refractivity contribution in [3.05, 3.63) is 301 Å². The second-order valence-corrected chi connectivity index (χ2v) is 21.6. The van der Waals surface area contributed by atoms with Crippen molar-refractivity contribution in [2.75, 3.05) is 14.7 Å². The molecular weight excluding hydrogens is 989 g/mol. The van der Waals surface area contributed by atoms with E-state index in [-0.39, 0.29) is 24.2 Å². The number of para-hydroxylation sites is 5. The van der Waals surface area contributed by atoms with Gasteiger partial charge >= 0.3 is 0 Å². The maximum atomic E-state index is 6.85. The first-order valence-corrected chi connectivity index (χ1v) is 27.9. The Morgan fingerprint density at radius 1 is 0.296 bits per heavy atom. The summed E-state index contributed by atoms with van der Waals surface area (Å²) in [4.78, 5) is 18.4. The summed E-state index contributed by atoms with van der Waals surface area (Å²) >= 11 is 0. The molecule has 0 N–H and O–H groups in total. The molecule has 0 amide bonds. The summed E-state index contributed by atoms with van der Waals surface area (Å²) < 4.78 is 9.26. The second-order valence-electron chi connectivity index (χ2n) is 21.6. The summed E-state index contributed by atoms with van der Waals surface area (Å²) in [6.45, 7) is 0. The van der Waals surface area contributed by atoms with E-state index in [9.17, 15) is 0 Å². The monoisotopic (exact) mass is 1040 g/mol. The zero-order valence-electron chi connectivity index (χ0n) is 44.0. The lowest BCUT2D eigenvalue weighted by atomic mass is 9.95. The Labute approximate surface area is 469 Å². The fourth-order valence-corrected chi connectivity index (χ4v) is 13.7. The minimum atomic E-state index is -0.117. The van der Waals surface area contributed by atoms with Gasteiger partial charge in [-0.3, -0.25) is 0 Å². The average Bonchev–Trinajstić information content (AvgIpc) is 4.43. The van der Waals surface area contributed by atoms with Crippen LogP contribution in [-0.4, -0.2) is 14.5 Å². The van der Waals surface area contributed by atoms with E-state index in [4.69, 9.17) is 14.7 Å². The minimum absolute atomic E-state index is 0.0117. The van der Waals surface area contributed by atoms with Crippen LogP contribution >= 0.6 is 0 Å². The van der Waals surface area contributed by atoms with E-state index in [0.29, 0.717) is 5.95 Å². The average molecular weight is 1040 g/mol. The lowest BCUT2D eigenvalue weighted by molar-refractivity contribution is 0.223. The lowest BCUT2D eigenvalue weighted by Crippen LogP contribution is -2.25. The summed E-state index contributed by atoms with van der Waals surface area (Å²) in [5.74, 6) is 1.61. The molecule has 6 heterocycles. The topological polar surface area (TPSA) is 49.7 Å². The molecule has 4 atom stereocenters. The third-order valence-corrected chi connectivity index (χ3v) is 17.2. The molecule has 13 aromatic rings. The first-order valence-electron chi connectivity index (χ1n) is 27.9. The molecule has 7 nitrogen and oxygen atoms in total. The quantitative estimate of drug-likeness (QED) is 0.151. The predicted molar refractivity (Wildman–Crippen MR) is 328 cm³/mol. The van der Waals surface area contributed by atoms with Crippen LogP contribution in [0.4, 0.5) is 34.4 Å². The number of aromatic nitrogens is 3. The van der Waals surface area contributed by atoms with Gasteiger partial charge in [0.05, 0.1) is 40.2 Å². The van der Waals surface area contributed by atoms with Gasteiger partial charge < -0.3 is 24.0 Å². The van der Waals surface area contributed by atoms with Crippen LogP contribution in [0.15, 0.2) is 279 Å². The Morgan fingerprint density at radius 2 is 0.728 bits per heavy atom. The number of hydrogen-bond donors (Lipinski definition) is 0. The van der Waals surface area contributed by atoms with Crippen LogP contribution in [0.3, 0.4) is 0 Å². The standard InChI is InChI=1S/C74H50N6O/c1-6-20-47(21-7-1)62-46-63(48-22-8-2-9-23-48)76-74(75-62)80-68-40-36-51(44-60(68)71-70(80)56-30-16-18-32-64(56)78(71)54-26-12-4-13-27-54)49-34-38-66-58(42-49)59-43-50(35-39-67(59)77(66)53-24-10-3-11-25-53)52-37-41-69-61(45-52)72-73(81-69)57-31-17-19-33-65(57)79(72)55-28-14-5-15-29-55/h1-46,70-73H. The number of nitrogens with zero attached hydrogens (tertiary/aromatic N) is 6. The summed E-state index contributed by atoms with van der Waals surface area (Å²) in [6.07, 6.45) is -0.0957. The highest BCUT2D eigenvalue weighted by atomic mass is 16.5. The molecule has 382 valence electrons. The molecule has 4 unspecified atom stereocenters. The smallest absolute Gasteiger partial charge is 0.231 e. The number of benzene rings is 11. The molecular formula is C74H50N6O. The van der Waals surface area contributed by atoms with Crippen molar-refractivity contribution in [1.29, 1.82) is 0 Å². The van der Waals surface area contributed by atoms with Crippen molar-refractivity contribution in [2.24, 2.45) is 0 Å². The van der Waals surface area contributed by atoms with Crippen LogP contribution < -0.4 is 19.4 Å². The van der Waals surface area contributed by atoms with Gasteiger partial charge in [0.1, 0.15) is 11.8 Å². The summed E-state index contributed by atoms with van der Waals surface area (Å²) in [7, 11) is 0. The van der Waals surface area contributed by atoms with Crippen LogP contribution in [0.1, 0.15) is 46.5 Å². The number of anilines is 6. The van der Waals surface area contributed by atoms with E-state index in [1.165, 1.54) is 44.4 Å². The second kappa shape index (κ2) is 18.0. The number of hydrogen-bond acceptors (Lipinski definition) is 6. The van der Waals surface area contributed by atoms with Gasteiger partial charge in [0.25, 0.3) is 0 Å². The van der Waals surface area contributed by atoms with Crippen LogP contribution in [0.2, 0.25) is 0 Å². The maximum absolute atomic E-state index is 6.85. The van der Waals surface area contributed by atoms with Gasteiger partial charge in [0, 0.05) is 72.6 Å². The van der Waals surface area contributed by atoms with Crippen LogP contribution in [-0.2, 0) is 0 Å². The molecule has 0 spiro atoms. The molecule has 0 radical (unpaired) electrons. The van der Waals surface area contributed by atoms with E-state index in [1.807, 2.05) is 0 Å².